The van der Waals surface area contributed by atoms with Gasteiger partial charge in [-0.15, -0.1) is 0 Å². The first-order chi connectivity index (χ1) is 9.51. The van der Waals surface area contributed by atoms with Crippen molar-refractivity contribution in [3.63, 3.8) is 0 Å². The number of hydrogen-bond donors (Lipinski definition) is 1. The molecule has 0 amide bonds. The molecule has 0 saturated carbocycles. The lowest BCUT2D eigenvalue weighted by atomic mass is 10.1. The average molecular weight is 309 g/mol. The number of nitrogens with zero attached hydrogens (tertiary/aromatic N) is 1. The van der Waals surface area contributed by atoms with E-state index in [-0.39, 0.29) is 11.1 Å². The van der Waals surface area contributed by atoms with Crippen molar-refractivity contribution in [2.24, 2.45) is 0 Å². The van der Waals surface area contributed by atoms with E-state index in [1.54, 1.807) is 18.2 Å². The maximum absolute atomic E-state index is 13.5. The molecule has 0 aliphatic heterocycles. The van der Waals surface area contributed by atoms with Crippen LogP contribution < -0.4 is 5.32 Å². The third kappa shape index (κ3) is 3.22. The van der Waals surface area contributed by atoms with E-state index in [1.807, 2.05) is 13.0 Å². The lowest BCUT2D eigenvalue weighted by Crippen LogP contribution is -2.08. The van der Waals surface area contributed by atoms with Gasteiger partial charge in [0.1, 0.15) is 5.82 Å². The predicted octanol–water partition coefficient (Wildman–Crippen LogP) is 5.18. The van der Waals surface area contributed by atoms with Gasteiger partial charge < -0.3 is 5.32 Å². The molecule has 5 heteroatoms. The van der Waals surface area contributed by atoms with Crippen molar-refractivity contribution in [2.45, 2.75) is 13.0 Å². The number of benzene rings is 2. The largest absolute Gasteiger partial charge is 0.378 e. The predicted molar refractivity (Wildman–Crippen MR) is 79.6 cm³/mol. The van der Waals surface area contributed by atoms with Crippen molar-refractivity contribution in [3.05, 3.63) is 63.4 Å². The molecule has 0 heterocycles. The molecule has 20 heavy (non-hydrogen) atoms. The zero-order chi connectivity index (χ0) is 14.7. The fraction of sp³-hybridized carbons (Fsp3) is 0.133. The number of hydrogen-bond acceptors (Lipinski definition) is 2. The highest BCUT2D eigenvalue weighted by Crippen LogP contribution is 2.30. The van der Waals surface area contributed by atoms with Gasteiger partial charge in [-0.1, -0.05) is 29.3 Å². The summed E-state index contributed by atoms with van der Waals surface area (Å²) < 4.78 is 13.5. The first-order valence-electron chi connectivity index (χ1n) is 5.92. The van der Waals surface area contributed by atoms with E-state index in [2.05, 4.69) is 11.4 Å². The van der Waals surface area contributed by atoms with Gasteiger partial charge in [-0.05, 0) is 42.8 Å². The van der Waals surface area contributed by atoms with E-state index >= 15 is 0 Å². The van der Waals surface area contributed by atoms with E-state index in [0.717, 1.165) is 5.69 Å². The minimum atomic E-state index is -0.509. The van der Waals surface area contributed by atoms with Crippen LogP contribution in [0.25, 0.3) is 0 Å². The molecule has 1 atom stereocenters. The summed E-state index contributed by atoms with van der Waals surface area (Å²) >= 11 is 11.8. The quantitative estimate of drug-likeness (QED) is 0.793. The van der Waals surface area contributed by atoms with Gasteiger partial charge >= 0.3 is 0 Å². The molecule has 0 fully saturated rings. The number of anilines is 1. The number of nitriles is 1. The highest BCUT2D eigenvalue weighted by atomic mass is 35.5. The zero-order valence-corrected chi connectivity index (χ0v) is 12.1. The van der Waals surface area contributed by atoms with Gasteiger partial charge in [0.2, 0.25) is 0 Å². The summed E-state index contributed by atoms with van der Waals surface area (Å²) in [5, 5.41) is 12.4. The SMILES string of the molecule is CC(Nc1cccc(C#N)c1)c1cc(F)c(Cl)cc1Cl. The van der Waals surface area contributed by atoms with E-state index in [9.17, 15) is 4.39 Å². The average Bonchev–Trinajstić information content (AvgIpc) is 2.43. The maximum atomic E-state index is 13.5. The topological polar surface area (TPSA) is 35.8 Å². The van der Waals surface area contributed by atoms with Gasteiger partial charge in [0, 0.05) is 10.7 Å². The molecule has 2 rings (SSSR count). The molecule has 1 N–H and O–H groups in total. The third-order valence-electron chi connectivity index (χ3n) is 2.88. The summed E-state index contributed by atoms with van der Waals surface area (Å²) in [5.41, 5.74) is 1.93. The van der Waals surface area contributed by atoms with Gasteiger partial charge in [-0.3, -0.25) is 0 Å². The Morgan fingerprint density at radius 2 is 1.95 bits per heavy atom. The Labute approximate surface area is 126 Å². The minimum Gasteiger partial charge on any atom is -0.378 e. The molecule has 1 unspecified atom stereocenters. The van der Waals surface area contributed by atoms with E-state index in [4.69, 9.17) is 28.5 Å². The smallest absolute Gasteiger partial charge is 0.142 e. The van der Waals surface area contributed by atoms with E-state index in [1.165, 1.54) is 12.1 Å². The second-order valence-corrected chi connectivity index (χ2v) is 5.16. The molecule has 0 aliphatic carbocycles. The third-order valence-corrected chi connectivity index (χ3v) is 3.50. The van der Waals surface area contributed by atoms with Gasteiger partial charge in [0.25, 0.3) is 0 Å². The van der Waals surface area contributed by atoms with Crippen molar-refractivity contribution in [1.29, 1.82) is 5.26 Å². The summed E-state index contributed by atoms with van der Waals surface area (Å²) in [6.07, 6.45) is 0. The summed E-state index contributed by atoms with van der Waals surface area (Å²) in [6, 6.07) is 11.6. The van der Waals surface area contributed by atoms with E-state index in [0.29, 0.717) is 16.1 Å². The maximum Gasteiger partial charge on any atom is 0.142 e. The van der Waals surface area contributed by atoms with Crippen LogP contribution in [0.2, 0.25) is 10.0 Å². The van der Waals surface area contributed by atoms with Crippen LogP contribution in [0.4, 0.5) is 10.1 Å². The Hall–Kier alpha value is -1.76. The van der Waals surface area contributed by atoms with Gasteiger partial charge in [0.05, 0.1) is 22.7 Å². The number of rotatable bonds is 3. The Morgan fingerprint density at radius 1 is 1.20 bits per heavy atom. The summed E-state index contributed by atoms with van der Waals surface area (Å²) in [6.45, 7) is 1.85. The molecule has 0 radical (unpaired) electrons. The standard InChI is InChI=1S/C15H11Cl2FN2/c1-9(12-6-15(18)14(17)7-13(12)16)20-11-4-2-3-10(5-11)8-19/h2-7,9,20H,1H3. The zero-order valence-electron chi connectivity index (χ0n) is 10.6. The normalized spacial score (nSPS) is 11.8. The van der Waals surface area contributed by atoms with Crippen molar-refractivity contribution in [2.75, 3.05) is 5.32 Å². The molecule has 102 valence electrons. The Morgan fingerprint density at radius 3 is 2.65 bits per heavy atom. The first-order valence-corrected chi connectivity index (χ1v) is 6.68. The second-order valence-electron chi connectivity index (χ2n) is 4.35. The van der Waals surface area contributed by atoms with Crippen LogP contribution in [0.5, 0.6) is 0 Å². The van der Waals surface area contributed by atoms with Crippen LogP contribution in [0.1, 0.15) is 24.1 Å². The molecule has 2 aromatic rings. The highest BCUT2D eigenvalue weighted by Gasteiger charge is 2.13. The highest BCUT2D eigenvalue weighted by molar-refractivity contribution is 6.35. The van der Waals surface area contributed by atoms with Crippen LogP contribution >= 0.6 is 23.2 Å². The van der Waals surface area contributed by atoms with Gasteiger partial charge in [0.15, 0.2) is 0 Å². The summed E-state index contributed by atoms with van der Waals surface area (Å²) in [5.74, 6) is -0.509. The Balaban J connectivity index is 2.26. The lowest BCUT2D eigenvalue weighted by molar-refractivity contribution is 0.624. The summed E-state index contributed by atoms with van der Waals surface area (Å²) in [4.78, 5) is 0. The lowest BCUT2D eigenvalue weighted by Gasteiger charge is -2.17. The first kappa shape index (κ1) is 14.6. The number of halogens is 3. The molecule has 0 aromatic heterocycles. The second kappa shape index (κ2) is 6.13. The molecule has 2 nitrogen and oxygen atoms in total. The van der Waals surface area contributed by atoms with Gasteiger partial charge in [-0.2, -0.15) is 5.26 Å². The van der Waals surface area contributed by atoms with Crippen molar-refractivity contribution in [3.8, 4) is 6.07 Å². The van der Waals surface area contributed by atoms with E-state index < -0.39 is 5.82 Å². The summed E-state index contributed by atoms with van der Waals surface area (Å²) in [7, 11) is 0. The number of nitrogens with one attached hydrogen (secondary N) is 1. The molecular formula is C15H11Cl2FN2. The van der Waals surface area contributed by atoms with Crippen LogP contribution in [0, 0.1) is 17.1 Å². The Kier molecular flexibility index (Phi) is 4.49. The fourth-order valence-corrected chi connectivity index (χ4v) is 2.42. The van der Waals surface area contributed by atoms with Crippen LogP contribution in [0.3, 0.4) is 0 Å². The fourth-order valence-electron chi connectivity index (χ4n) is 1.88. The van der Waals surface area contributed by atoms with Gasteiger partial charge in [-0.25, -0.2) is 4.39 Å². The molecule has 2 aromatic carbocycles. The molecule has 0 saturated heterocycles. The van der Waals surface area contributed by atoms with Crippen molar-refractivity contribution >= 4 is 28.9 Å². The minimum absolute atomic E-state index is 0.00238. The Bertz CT molecular complexity index is 680. The molecular weight excluding hydrogens is 298 g/mol. The van der Waals surface area contributed by atoms with Crippen LogP contribution in [0.15, 0.2) is 36.4 Å². The van der Waals surface area contributed by atoms with Crippen molar-refractivity contribution < 1.29 is 4.39 Å². The van der Waals surface area contributed by atoms with Crippen molar-refractivity contribution in [1.82, 2.24) is 0 Å². The molecule has 0 spiro atoms. The van der Waals surface area contributed by atoms with Crippen LogP contribution in [-0.2, 0) is 0 Å². The van der Waals surface area contributed by atoms with Crippen LogP contribution in [-0.4, -0.2) is 0 Å². The molecule has 0 aliphatic rings. The monoisotopic (exact) mass is 308 g/mol. The molecule has 0 bridgehead atoms.